The van der Waals surface area contributed by atoms with Gasteiger partial charge >= 0.3 is 12.1 Å². The summed E-state index contributed by atoms with van der Waals surface area (Å²) in [6.07, 6.45) is 0.579. The van der Waals surface area contributed by atoms with Crippen LogP contribution in [0.4, 0.5) is 18.9 Å². The molecule has 2 rings (SSSR count). The number of carbonyl (C=O) groups excluding carboxylic acids is 1. The summed E-state index contributed by atoms with van der Waals surface area (Å²) in [7, 11) is 0. The van der Waals surface area contributed by atoms with Crippen molar-refractivity contribution in [3.05, 3.63) is 36.2 Å². The van der Waals surface area contributed by atoms with Gasteiger partial charge in [-0.2, -0.15) is 18.2 Å². The minimum Gasteiger partial charge on any atom is -0.329 e. The number of nitrogens with one attached hydrogen (secondary N) is 1. The molecule has 1 amide bonds. The Hall–Kier alpha value is -2.45. The number of rotatable bonds is 7. The van der Waals surface area contributed by atoms with Crippen LogP contribution in [0.2, 0.25) is 0 Å². The molecule has 136 valence electrons. The molecule has 0 aromatic carbocycles. The van der Waals surface area contributed by atoms with Gasteiger partial charge in [-0.25, -0.2) is 0 Å². The number of carbonyl (C=O) groups is 1. The average molecular weight is 356 g/mol. The highest BCUT2D eigenvalue weighted by molar-refractivity contribution is 5.94. The first-order chi connectivity index (χ1) is 11.7. The molecule has 9 heteroatoms. The minimum absolute atomic E-state index is 0.0185. The van der Waals surface area contributed by atoms with Gasteiger partial charge in [0.15, 0.2) is 5.82 Å². The molecule has 0 unspecified atom stereocenters. The molecule has 6 nitrogen and oxygen atoms in total. The van der Waals surface area contributed by atoms with Crippen molar-refractivity contribution in [2.75, 3.05) is 5.32 Å². The molecule has 0 aliphatic carbocycles. The summed E-state index contributed by atoms with van der Waals surface area (Å²) in [6, 6.07) is 3.47. The normalized spacial score (nSPS) is 12.2. The van der Waals surface area contributed by atoms with E-state index in [9.17, 15) is 18.0 Å². The van der Waals surface area contributed by atoms with E-state index in [0.717, 1.165) is 0 Å². The maximum absolute atomic E-state index is 12.4. The van der Waals surface area contributed by atoms with Gasteiger partial charge in [0, 0.05) is 18.0 Å². The molecule has 2 aromatic rings. The van der Waals surface area contributed by atoms with Crippen LogP contribution in [0.15, 0.2) is 29.0 Å². The molecule has 2 heterocycles. The van der Waals surface area contributed by atoms with Crippen LogP contribution in [0.3, 0.4) is 0 Å². The first kappa shape index (κ1) is 18.9. The quantitative estimate of drug-likeness (QED) is 0.762. The van der Waals surface area contributed by atoms with Gasteiger partial charge in [-0.1, -0.05) is 25.4 Å². The summed E-state index contributed by atoms with van der Waals surface area (Å²) < 4.78 is 41.3. The highest BCUT2D eigenvalue weighted by Gasteiger charge is 2.38. The first-order valence-corrected chi connectivity index (χ1v) is 7.80. The molecule has 0 saturated carbocycles. The van der Waals surface area contributed by atoms with Gasteiger partial charge in [0.1, 0.15) is 0 Å². The van der Waals surface area contributed by atoms with Crippen LogP contribution in [-0.4, -0.2) is 21.0 Å². The fourth-order valence-electron chi connectivity index (χ4n) is 2.17. The topological polar surface area (TPSA) is 80.9 Å². The Balaban J connectivity index is 1.78. The maximum Gasteiger partial charge on any atom is 0.471 e. The summed E-state index contributed by atoms with van der Waals surface area (Å²) in [5.41, 5.74) is -0.00317. The smallest absolute Gasteiger partial charge is 0.329 e. The third kappa shape index (κ3) is 5.54. The highest BCUT2D eigenvalue weighted by Crippen LogP contribution is 2.28. The number of nitrogens with zero attached hydrogens (tertiary/aromatic N) is 3. The minimum atomic E-state index is -4.63. The van der Waals surface area contributed by atoms with Crippen LogP contribution in [0.1, 0.15) is 44.8 Å². The van der Waals surface area contributed by atoms with E-state index < -0.39 is 17.5 Å². The van der Waals surface area contributed by atoms with Gasteiger partial charge in [-0.05, 0) is 25.0 Å². The Morgan fingerprint density at radius 1 is 1.28 bits per heavy atom. The number of alkyl halides is 3. The van der Waals surface area contributed by atoms with Crippen molar-refractivity contribution in [2.24, 2.45) is 5.41 Å². The number of amides is 1. The zero-order chi connectivity index (χ0) is 18.5. The standard InChI is InChI=1S/C16H19F3N4O2/c1-15(2,13(24)21-11-6-5-9-20-10-11)8-4-3-7-12-22-14(25-23-12)16(17,18)19/h5-6,9-10H,3-4,7-8H2,1-2H3,(H,21,24). The predicted molar refractivity (Wildman–Crippen MR) is 83.5 cm³/mol. The van der Waals surface area contributed by atoms with Crippen LogP contribution in [0.5, 0.6) is 0 Å². The molecule has 0 aliphatic heterocycles. The van der Waals surface area contributed by atoms with Gasteiger partial charge in [0.25, 0.3) is 0 Å². The number of hydrogen-bond donors (Lipinski definition) is 1. The van der Waals surface area contributed by atoms with E-state index in [2.05, 4.69) is 25.0 Å². The largest absolute Gasteiger partial charge is 0.471 e. The van der Waals surface area contributed by atoms with Crippen LogP contribution in [-0.2, 0) is 17.4 Å². The van der Waals surface area contributed by atoms with Crippen LogP contribution < -0.4 is 5.32 Å². The van der Waals surface area contributed by atoms with Gasteiger partial charge < -0.3 is 9.84 Å². The monoisotopic (exact) mass is 356 g/mol. The molecule has 2 aromatic heterocycles. The van der Waals surface area contributed by atoms with Crippen LogP contribution in [0.25, 0.3) is 0 Å². The van der Waals surface area contributed by atoms with Crippen molar-refractivity contribution in [1.82, 2.24) is 15.1 Å². The zero-order valence-corrected chi connectivity index (χ0v) is 13.9. The lowest BCUT2D eigenvalue weighted by Crippen LogP contribution is -2.30. The number of pyridine rings is 1. The van der Waals surface area contributed by atoms with Crippen molar-refractivity contribution in [2.45, 2.75) is 45.7 Å². The molecule has 0 radical (unpaired) electrons. The second-order valence-electron chi connectivity index (χ2n) is 6.30. The first-order valence-electron chi connectivity index (χ1n) is 7.80. The van der Waals surface area contributed by atoms with Gasteiger partial charge in [-0.15, -0.1) is 0 Å². The zero-order valence-electron chi connectivity index (χ0n) is 13.9. The van der Waals surface area contributed by atoms with Crippen molar-refractivity contribution in [3.8, 4) is 0 Å². The predicted octanol–water partition coefficient (Wildman–Crippen LogP) is 3.86. The Kier molecular flexibility index (Phi) is 5.76. The van der Waals surface area contributed by atoms with E-state index in [-0.39, 0.29) is 18.2 Å². The summed E-state index contributed by atoms with van der Waals surface area (Å²) in [6.45, 7) is 3.63. The summed E-state index contributed by atoms with van der Waals surface area (Å²) in [5, 5.41) is 6.11. The van der Waals surface area contributed by atoms with E-state index in [1.165, 1.54) is 0 Å². The molecule has 25 heavy (non-hydrogen) atoms. The van der Waals surface area contributed by atoms with Crippen molar-refractivity contribution in [1.29, 1.82) is 0 Å². The highest BCUT2D eigenvalue weighted by atomic mass is 19.4. The molecule has 0 fully saturated rings. The van der Waals surface area contributed by atoms with E-state index in [4.69, 9.17) is 0 Å². The van der Waals surface area contributed by atoms with Crippen molar-refractivity contribution >= 4 is 11.6 Å². The SMILES string of the molecule is CC(C)(CCCCc1noc(C(F)(F)F)n1)C(=O)Nc1cccnc1. The lowest BCUT2D eigenvalue weighted by atomic mass is 9.86. The lowest BCUT2D eigenvalue weighted by Gasteiger charge is -2.23. The Labute approximate surface area is 142 Å². The molecular formula is C16H19F3N4O2. The van der Waals surface area contributed by atoms with E-state index in [0.29, 0.717) is 24.9 Å². The molecule has 0 spiro atoms. The van der Waals surface area contributed by atoms with Crippen LogP contribution in [0, 0.1) is 5.41 Å². The fourth-order valence-corrected chi connectivity index (χ4v) is 2.17. The summed E-state index contributed by atoms with van der Waals surface area (Å²) in [4.78, 5) is 19.6. The van der Waals surface area contributed by atoms with Crippen molar-refractivity contribution in [3.63, 3.8) is 0 Å². The van der Waals surface area contributed by atoms with Gasteiger partial charge in [-0.3, -0.25) is 9.78 Å². The summed E-state index contributed by atoms with van der Waals surface area (Å²) in [5.74, 6) is -1.46. The molecule has 0 saturated heterocycles. The molecule has 0 atom stereocenters. The van der Waals surface area contributed by atoms with Gasteiger partial charge in [0.2, 0.25) is 5.91 Å². The average Bonchev–Trinajstić information content (AvgIpc) is 3.02. The van der Waals surface area contributed by atoms with E-state index in [1.807, 2.05) is 13.8 Å². The lowest BCUT2D eigenvalue weighted by molar-refractivity contribution is -0.159. The number of unbranched alkanes of at least 4 members (excludes halogenated alkanes) is 1. The van der Waals surface area contributed by atoms with E-state index >= 15 is 0 Å². The second-order valence-corrected chi connectivity index (χ2v) is 6.30. The fraction of sp³-hybridized carbons (Fsp3) is 0.500. The number of aromatic nitrogens is 3. The third-order valence-corrected chi connectivity index (χ3v) is 3.70. The Morgan fingerprint density at radius 3 is 2.64 bits per heavy atom. The molecule has 0 bridgehead atoms. The third-order valence-electron chi connectivity index (χ3n) is 3.70. The molecule has 1 N–H and O–H groups in total. The Bertz CT molecular complexity index is 699. The Morgan fingerprint density at radius 2 is 2.04 bits per heavy atom. The van der Waals surface area contributed by atoms with Crippen molar-refractivity contribution < 1.29 is 22.5 Å². The van der Waals surface area contributed by atoms with Gasteiger partial charge in [0.05, 0.1) is 11.9 Å². The maximum atomic E-state index is 12.4. The number of anilines is 1. The number of halogens is 3. The number of aryl methyl sites for hydroxylation is 1. The molecule has 0 aliphatic rings. The van der Waals surface area contributed by atoms with Crippen LogP contribution >= 0.6 is 0 Å². The second kappa shape index (κ2) is 7.62. The number of hydrogen-bond acceptors (Lipinski definition) is 5. The molecular weight excluding hydrogens is 337 g/mol. The van der Waals surface area contributed by atoms with E-state index in [1.54, 1.807) is 24.5 Å². The summed E-state index contributed by atoms with van der Waals surface area (Å²) >= 11 is 0.